The summed E-state index contributed by atoms with van der Waals surface area (Å²) in [5.41, 5.74) is 8.26. The number of aromatic nitrogens is 1. The first kappa shape index (κ1) is 20.2. The Kier molecular flexibility index (Phi) is 6.95. The van der Waals surface area contributed by atoms with Gasteiger partial charge in [0.1, 0.15) is 5.82 Å². The quantitative estimate of drug-likeness (QED) is 0.592. The number of carbonyl (C=O) groups excluding carboxylic acids is 1. The molecule has 2 aliphatic heterocycles. The maximum Gasteiger partial charge on any atom is 0.409 e. The van der Waals surface area contributed by atoms with Gasteiger partial charge in [0.05, 0.1) is 13.2 Å². The summed E-state index contributed by atoms with van der Waals surface area (Å²) in [7, 11) is 0. The molecule has 8 nitrogen and oxygen atoms in total. The summed E-state index contributed by atoms with van der Waals surface area (Å²) in [4.78, 5) is 25.1. The zero-order valence-electron chi connectivity index (χ0n) is 17.0. The summed E-state index contributed by atoms with van der Waals surface area (Å²) < 4.78 is 5.06. The molecule has 28 heavy (non-hydrogen) atoms. The molecule has 154 valence electrons. The number of aliphatic imine (C=N–C) groups is 1. The number of nitrogens with one attached hydrogen (secondary N) is 1. The topological polar surface area (TPSA) is 96.1 Å². The fraction of sp³-hybridized carbons (Fsp3) is 0.650. The number of rotatable bonds is 5. The monoisotopic (exact) mass is 388 g/mol. The molecule has 3 N–H and O–H groups in total. The van der Waals surface area contributed by atoms with Crippen molar-refractivity contribution in [3.8, 4) is 0 Å². The van der Waals surface area contributed by atoms with E-state index in [1.807, 2.05) is 19.9 Å². The number of likely N-dealkylation sites (tertiary alicyclic amines) is 1. The van der Waals surface area contributed by atoms with Crippen LogP contribution in [0.1, 0.15) is 43.9 Å². The largest absolute Gasteiger partial charge is 0.450 e. The van der Waals surface area contributed by atoms with Gasteiger partial charge in [0, 0.05) is 43.5 Å². The molecular weight excluding hydrogens is 356 g/mol. The Morgan fingerprint density at radius 2 is 2.00 bits per heavy atom. The van der Waals surface area contributed by atoms with Crippen LogP contribution in [-0.2, 0) is 11.3 Å². The molecule has 0 aliphatic carbocycles. The number of anilines is 1. The van der Waals surface area contributed by atoms with Gasteiger partial charge in [0.25, 0.3) is 0 Å². The number of carbonyl (C=O) groups is 1. The van der Waals surface area contributed by atoms with Crippen molar-refractivity contribution in [1.29, 1.82) is 0 Å². The first-order chi connectivity index (χ1) is 13.6. The molecule has 0 atom stereocenters. The van der Waals surface area contributed by atoms with Crippen molar-refractivity contribution in [2.24, 2.45) is 10.7 Å². The van der Waals surface area contributed by atoms with E-state index in [0.717, 1.165) is 43.0 Å². The van der Waals surface area contributed by atoms with Gasteiger partial charge in [-0.1, -0.05) is 6.07 Å². The van der Waals surface area contributed by atoms with Gasteiger partial charge in [-0.2, -0.15) is 0 Å². The van der Waals surface area contributed by atoms with Gasteiger partial charge >= 0.3 is 6.09 Å². The second-order valence-corrected chi connectivity index (χ2v) is 7.44. The Labute approximate surface area is 167 Å². The second-order valence-electron chi connectivity index (χ2n) is 7.44. The molecule has 0 saturated carbocycles. The fourth-order valence-corrected chi connectivity index (χ4v) is 3.74. The van der Waals surface area contributed by atoms with Gasteiger partial charge in [-0.3, -0.25) is 0 Å². The number of ether oxygens (including phenoxy) is 1. The molecule has 2 saturated heterocycles. The summed E-state index contributed by atoms with van der Waals surface area (Å²) in [6.07, 6.45) is 3.86. The molecule has 0 bridgehead atoms. The number of hydrogen-bond donors (Lipinski definition) is 2. The number of pyridine rings is 1. The summed E-state index contributed by atoms with van der Waals surface area (Å²) in [6.45, 7) is 8.21. The van der Waals surface area contributed by atoms with Crippen LogP contribution >= 0.6 is 0 Å². The van der Waals surface area contributed by atoms with Crippen LogP contribution < -0.4 is 16.0 Å². The minimum Gasteiger partial charge on any atom is -0.450 e. The molecule has 3 rings (SSSR count). The van der Waals surface area contributed by atoms with Crippen molar-refractivity contribution < 1.29 is 9.53 Å². The molecule has 1 amide bonds. The number of guanidine groups is 1. The maximum atomic E-state index is 11.8. The number of nitrogens with zero attached hydrogens (tertiary/aromatic N) is 4. The van der Waals surface area contributed by atoms with Gasteiger partial charge in [-0.25, -0.2) is 14.8 Å². The van der Waals surface area contributed by atoms with E-state index in [0.29, 0.717) is 32.2 Å². The van der Waals surface area contributed by atoms with Crippen molar-refractivity contribution in [2.75, 3.05) is 37.7 Å². The predicted molar refractivity (Wildman–Crippen MR) is 111 cm³/mol. The highest BCUT2D eigenvalue weighted by Crippen LogP contribution is 2.23. The highest BCUT2D eigenvalue weighted by molar-refractivity contribution is 5.78. The van der Waals surface area contributed by atoms with Crippen LogP contribution in [0.25, 0.3) is 0 Å². The minimum absolute atomic E-state index is 0.226. The van der Waals surface area contributed by atoms with Gasteiger partial charge in [0.15, 0.2) is 5.96 Å². The molecule has 2 fully saturated rings. The smallest absolute Gasteiger partial charge is 0.409 e. The first-order valence-electron chi connectivity index (χ1n) is 10.3. The molecule has 2 aliphatic rings. The van der Waals surface area contributed by atoms with E-state index in [1.165, 1.54) is 12.8 Å². The second kappa shape index (κ2) is 9.61. The Balaban J connectivity index is 1.53. The Hall–Kier alpha value is -2.51. The standard InChI is InChI=1S/C20H32N6O2/c1-3-28-20(27)26-12-8-17(9-13-26)24-19(21)22-14-16-7-6-15(2)23-18(16)25-10-4-5-11-25/h6-7,17H,3-5,8-14H2,1-2H3,(H3,21,22,24). The highest BCUT2D eigenvalue weighted by Gasteiger charge is 2.24. The average Bonchev–Trinajstić information content (AvgIpc) is 3.22. The highest BCUT2D eigenvalue weighted by atomic mass is 16.6. The molecule has 0 unspecified atom stereocenters. The number of nitrogens with two attached hydrogens (primary N) is 1. The lowest BCUT2D eigenvalue weighted by Crippen LogP contribution is -2.48. The summed E-state index contributed by atoms with van der Waals surface area (Å²) in [5, 5.41) is 3.30. The molecule has 0 radical (unpaired) electrons. The maximum absolute atomic E-state index is 11.8. The van der Waals surface area contributed by atoms with E-state index >= 15 is 0 Å². The van der Waals surface area contributed by atoms with Gasteiger partial charge in [-0.15, -0.1) is 0 Å². The van der Waals surface area contributed by atoms with Crippen molar-refractivity contribution >= 4 is 17.9 Å². The molecule has 8 heteroatoms. The van der Waals surface area contributed by atoms with Gasteiger partial charge in [0.2, 0.25) is 0 Å². The van der Waals surface area contributed by atoms with Crippen LogP contribution in [0.5, 0.6) is 0 Å². The summed E-state index contributed by atoms with van der Waals surface area (Å²) in [6, 6.07) is 4.35. The number of piperidine rings is 1. The lowest BCUT2D eigenvalue weighted by Gasteiger charge is -2.31. The number of aryl methyl sites for hydroxylation is 1. The van der Waals surface area contributed by atoms with Crippen LogP contribution in [0.2, 0.25) is 0 Å². The van der Waals surface area contributed by atoms with Crippen molar-refractivity contribution in [3.63, 3.8) is 0 Å². The molecule has 3 heterocycles. The van der Waals surface area contributed by atoms with Crippen molar-refractivity contribution in [2.45, 2.75) is 52.1 Å². The van der Waals surface area contributed by atoms with Crippen LogP contribution in [0, 0.1) is 6.92 Å². The van der Waals surface area contributed by atoms with E-state index < -0.39 is 0 Å². The third-order valence-corrected chi connectivity index (χ3v) is 5.29. The zero-order chi connectivity index (χ0) is 19.9. The average molecular weight is 389 g/mol. The van der Waals surface area contributed by atoms with E-state index in [1.54, 1.807) is 4.90 Å². The molecule has 0 spiro atoms. The van der Waals surface area contributed by atoms with E-state index in [9.17, 15) is 4.79 Å². The van der Waals surface area contributed by atoms with E-state index in [4.69, 9.17) is 15.5 Å². The minimum atomic E-state index is -0.232. The zero-order valence-corrected chi connectivity index (χ0v) is 17.0. The van der Waals surface area contributed by atoms with Gasteiger partial charge in [-0.05, 0) is 45.6 Å². The van der Waals surface area contributed by atoms with Crippen LogP contribution in [0.15, 0.2) is 17.1 Å². The first-order valence-corrected chi connectivity index (χ1v) is 10.3. The lowest BCUT2D eigenvalue weighted by atomic mass is 10.1. The molecule has 0 aromatic carbocycles. The summed E-state index contributed by atoms with van der Waals surface area (Å²) in [5.74, 6) is 1.49. The molecule has 1 aromatic rings. The third-order valence-electron chi connectivity index (χ3n) is 5.29. The van der Waals surface area contributed by atoms with E-state index in [-0.39, 0.29) is 12.1 Å². The van der Waals surface area contributed by atoms with E-state index in [2.05, 4.69) is 21.3 Å². The molecule has 1 aromatic heterocycles. The van der Waals surface area contributed by atoms with Crippen LogP contribution in [0.4, 0.5) is 10.6 Å². The lowest BCUT2D eigenvalue weighted by molar-refractivity contribution is 0.0963. The van der Waals surface area contributed by atoms with Crippen LogP contribution in [-0.4, -0.2) is 60.8 Å². The predicted octanol–water partition coefficient (Wildman–Crippen LogP) is 2.02. The third kappa shape index (κ3) is 5.27. The molecular formula is C20H32N6O2. The number of hydrogen-bond acceptors (Lipinski definition) is 5. The van der Waals surface area contributed by atoms with Crippen molar-refractivity contribution in [3.05, 3.63) is 23.4 Å². The Morgan fingerprint density at radius 1 is 1.29 bits per heavy atom. The van der Waals surface area contributed by atoms with Gasteiger partial charge < -0.3 is 25.6 Å². The van der Waals surface area contributed by atoms with Crippen molar-refractivity contribution in [1.82, 2.24) is 15.2 Å². The summed E-state index contributed by atoms with van der Waals surface area (Å²) >= 11 is 0. The van der Waals surface area contributed by atoms with Crippen LogP contribution in [0.3, 0.4) is 0 Å². The Bertz CT molecular complexity index is 694. The Morgan fingerprint density at radius 3 is 2.68 bits per heavy atom. The normalized spacial score (nSPS) is 18.4. The SMILES string of the molecule is CCOC(=O)N1CCC(NC(N)=NCc2ccc(C)nc2N2CCCC2)CC1. The fourth-order valence-electron chi connectivity index (χ4n) is 3.74. The number of amides is 1.